The number of rotatable bonds is 3. The van der Waals surface area contributed by atoms with Crippen LogP contribution in [-0.4, -0.2) is 27.9 Å². The summed E-state index contributed by atoms with van der Waals surface area (Å²) >= 11 is 0. The van der Waals surface area contributed by atoms with Crippen molar-refractivity contribution in [2.24, 2.45) is 5.41 Å². The Morgan fingerprint density at radius 1 is 1.28 bits per heavy atom. The number of aromatic nitrogens is 2. The first kappa shape index (κ1) is 17.6. The van der Waals surface area contributed by atoms with Crippen LogP contribution in [0.4, 0.5) is 0 Å². The first-order chi connectivity index (χ1) is 11.8. The quantitative estimate of drug-likeness (QED) is 0.776. The number of fused-ring (bicyclic) bond motifs is 1. The summed E-state index contributed by atoms with van der Waals surface area (Å²) in [7, 11) is 0. The van der Waals surface area contributed by atoms with Crippen molar-refractivity contribution in [3.63, 3.8) is 0 Å². The summed E-state index contributed by atoms with van der Waals surface area (Å²) in [4.78, 5) is 24.9. The predicted molar refractivity (Wildman–Crippen MR) is 96.8 cm³/mol. The molecule has 3 rings (SSSR count). The number of nitrogens with zero attached hydrogens (tertiary/aromatic N) is 2. The lowest BCUT2D eigenvalue weighted by Crippen LogP contribution is -2.46. The number of aryl methyl sites for hydroxylation is 1. The Balaban J connectivity index is 1.71. The van der Waals surface area contributed by atoms with E-state index in [1.807, 2.05) is 25.1 Å². The van der Waals surface area contributed by atoms with Crippen molar-refractivity contribution in [3.05, 3.63) is 40.3 Å². The zero-order chi connectivity index (χ0) is 18.2. The number of carbonyl (C=O) groups excluding carboxylic acids is 1. The molecule has 2 aromatic rings. The molecule has 1 aromatic heterocycles. The van der Waals surface area contributed by atoms with Crippen LogP contribution in [-0.2, 0) is 11.3 Å². The third-order valence-electron chi connectivity index (χ3n) is 4.63. The molecule has 1 fully saturated rings. The first-order valence-corrected chi connectivity index (χ1v) is 8.52. The second-order valence-electron chi connectivity index (χ2n) is 7.66. The number of carbonyl (C=O) groups is 1. The number of hydrazine groups is 1. The van der Waals surface area contributed by atoms with Gasteiger partial charge in [0.2, 0.25) is 5.91 Å². The van der Waals surface area contributed by atoms with Gasteiger partial charge in [0.05, 0.1) is 17.2 Å². The summed E-state index contributed by atoms with van der Waals surface area (Å²) in [5.74, 6) is -0.238. The monoisotopic (exact) mass is 343 g/mol. The van der Waals surface area contributed by atoms with Gasteiger partial charge < -0.3 is 5.32 Å². The summed E-state index contributed by atoms with van der Waals surface area (Å²) in [6.07, 6.45) is 0.628. The number of amides is 1. The topological polar surface area (TPSA) is 88.1 Å². The zero-order valence-corrected chi connectivity index (χ0v) is 15.1. The summed E-state index contributed by atoms with van der Waals surface area (Å²) in [6.45, 7) is 8.20. The average molecular weight is 343 g/mol. The Bertz CT molecular complexity index is 853. The fourth-order valence-corrected chi connectivity index (χ4v) is 3.11. The molecular weight excluding hydrogens is 318 g/mol. The van der Waals surface area contributed by atoms with Crippen LogP contribution >= 0.6 is 0 Å². The molecule has 0 spiro atoms. The third kappa shape index (κ3) is 3.72. The van der Waals surface area contributed by atoms with E-state index >= 15 is 0 Å². The van der Waals surface area contributed by atoms with Crippen molar-refractivity contribution in [2.45, 2.75) is 52.9 Å². The molecule has 0 saturated carbocycles. The Hall–Kier alpha value is -2.25. The van der Waals surface area contributed by atoms with E-state index in [9.17, 15) is 9.59 Å². The van der Waals surface area contributed by atoms with E-state index < -0.39 is 0 Å². The predicted octanol–water partition coefficient (Wildman–Crippen LogP) is 1.06. The number of benzene rings is 1. The normalized spacial score (nSPS) is 20.8. The summed E-state index contributed by atoms with van der Waals surface area (Å²) in [5, 5.41) is 8.59. The second kappa shape index (κ2) is 6.57. The molecule has 0 bridgehead atoms. The minimum atomic E-state index is -0.249. The summed E-state index contributed by atoms with van der Waals surface area (Å²) in [5.41, 5.74) is 6.89. The van der Waals surface area contributed by atoms with Crippen LogP contribution in [0.1, 0.15) is 32.9 Å². The average Bonchev–Trinajstić information content (AvgIpc) is 3.01. The van der Waals surface area contributed by atoms with Crippen molar-refractivity contribution in [3.8, 4) is 0 Å². The van der Waals surface area contributed by atoms with Gasteiger partial charge in [-0.25, -0.2) is 10.1 Å². The van der Waals surface area contributed by atoms with Crippen LogP contribution in [0.25, 0.3) is 10.8 Å². The highest BCUT2D eigenvalue weighted by molar-refractivity contribution is 5.83. The molecule has 1 aliphatic rings. The largest absolute Gasteiger partial charge is 0.338 e. The molecule has 2 unspecified atom stereocenters. The molecular formula is C18H25N5O2. The van der Waals surface area contributed by atoms with E-state index in [2.05, 4.69) is 42.0 Å². The van der Waals surface area contributed by atoms with E-state index in [1.165, 1.54) is 4.68 Å². The van der Waals surface area contributed by atoms with E-state index in [4.69, 9.17) is 0 Å². The number of hydrogen-bond acceptors (Lipinski definition) is 5. The molecule has 1 aliphatic heterocycles. The van der Waals surface area contributed by atoms with Gasteiger partial charge in [0.1, 0.15) is 6.54 Å². The molecule has 0 aliphatic carbocycles. The van der Waals surface area contributed by atoms with Gasteiger partial charge in [-0.3, -0.25) is 15.0 Å². The molecule has 3 N–H and O–H groups in total. The maximum absolute atomic E-state index is 12.5. The van der Waals surface area contributed by atoms with Gasteiger partial charge >= 0.3 is 0 Å². The fraction of sp³-hybridized carbons (Fsp3) is 0.500. The molecule has 2 heterocycles. The molecule has 1 amide bonds. The van der Waals surface area contributed by atoms with Crippen LogP contribution in [0.2, 0.25) is 0 Å². The van der Waals surface area contributed by atoms with Gasteiger partial charge in [-0.1, -0.05) is 39.0 Å². The Morgan fingerprint density at radius 3 is 2.60 bits per heavy atom. The van der Waals surface area contributed by atoms with Crippen molar-refractivity contribution < 1.29 is 4.79 Å². The van der Waals surface area contributed by atoms with Crippen LogP contribution in [0.15, 0.2) is 29.1 Å². The van der Waals surface area contributed by atoms with Crippen LogP contribution in [0.3, 0.4) is 0 Å². The standard InChI is InChI=1S/C18H25N5O2/c1-11-12-7-5-6-8-13(12)17(25)23(22-11)10-16(24)19-15-9-14(20-21-15)18(2,3)4/h5-8,14-15,20-21H,9-10H2,1-4H3,(H,19,24). The van der Waals surface area contributed by atoms with E-state index in [0.29, 0.717) is 5.39 Å². The molecule has 134 valence electrons. The van der Waals surface area contributed by atoms with E-state index in [-0.39, 0.29) is 35.6 Å². The van der Waals surface area contributed by atoms with E-state index in [1.54, 1.807) is 6.07 Å². The smallest absolute Gasteiger partial charge is 0.275 e. The van der Waals surface area contributed by atoms with Crippen molar-refractivity contribution in [1.82, 2.24) is 25.9 Å². The highest BCUT2D eigenvalue weighted by Crippen LogP contribution is 2.24. The highest BCUT2D eigenvalue weighted by Gasteiger charge is 2.33. The minimum Gasteiger partial charge on any atom is -0.338 e. The Kier molecular flexibility index (Phi) is 4.62. The van der Waals surface area contributed by atoms with Gasteiger partial charge in [-0.2, -0.15) is 5.10 Å². The molecule has 7 nitrogen and oxygen atoms in total. The van der Waals surface area contributed by atoms with Gasteiger partial charge in [0.25, 0.3) is 5.56 Å². The minimum absolute atomic E-state index is 0.0944. The maximum Gasteiger partial charge on any atom is 0.275 e. The van der Waals surface area contributed by atoms with Gasteiger partial charge in [-0.15, -0.1) is 0 Å². The molecule has 1 saturated heterocycles. The maximum atomic E-state index is 12.5. The zero-order valence-electron chi connectivity index (χ0n) is 15.1. The fourth-order valence-electron chi connectivity index (χ4n) is 3.11. The van der Waals surface area contributed by atoms with Crippen LogP contribution in [0, 0.1) is 12.3 Å². The number of hydrogen-bond donors (Lipinski definition) is 3. The molecule has 0 radical (unpaired) electrons. The van der Waals surface area contributed by atoms with Crippen molar-refractivity contribution >= 4 is 16.7 Å². The third-order valence-corrected chi connectivity index (χ3v) is 4.63. The van der Waals surface area contributed by atoms with Gasteiger partial charge in [0, 0.05) is 11.4 Å². The number of nitrogens with one attached hydrogen (secondary N) is 3. The summed E-state index contributed by atoms with van der Waals surface area (Å²) in [6, 6.07) is 7.58. The molecule has 1 aromatic carbocycles. The van der Waals surface area contributed by atoms with Gasteiger partial charge in [-0.05, 0) is 24.8 Å². The lowest BCUT2D eigenvalue weighted by molar-refractivity contribution is -0.122. The first-order valence-electron chi connectivity index (χ1n) is 8.52. The Morgan fingerprint density at radius 2 is 1.96 bits per heavy atom. The van der Waals surface area contributed by atoms with Gasteiger partial charge in [0.15, 0.2) is 0 Å². The SMILES string of the molecule is Cc1nn(CC(=O)NC2CC(C(C)(C)C)NN2)c(=O)c2ccccc12. The van der Waals surface area contributed by atoms with E-state index in [0.717, 1.165) is 17.5 Å². The lowest BCUT2D eigenvalue weighted by atomic mass is 9.85. The molecule has 2 atom stereocenters. The van der Waals surface area contributed by atoms with Crippen molar-refractivity contribution in [1.29, 1.82) is 0 Å². The Labute approximate surface area is 146 Å². The lowest BCUT2D eigenvalue weighted by Gasteiger charge is -2.25. The van der Waals surface area contributed by atoms with Crippen LogP contribution in [0.5, 0.6) is 0 Å². The van der Waals surface area contributed by atoms with Crippen molar-refractivity contribution in [2.75, 3.05) is 0 Å². The highest BCUT2D eigenvalue weighted by atomic mass is 16.2. The van der Waals surface area contributed by atoms with Crippen LogP contribution < -0.4 is 21.7 Å². The summed E-state index contributed by atoms with van der Waals surface area (Å²) < 4.78 is 1.23. The molecule has 7 heteroatoms. The second-order valence-corrected chi connectivity index (χ2v) is 7.66. The molecule has 25 heavy (non-hydrogen) atoms.